The molecule has 2 unspecified atom stereocenters. The average molecular weight is 365 g/mol. The van der Waals surface area contributed by atoms with Crippen LogP contribution in [0.2, 0.25) is 20.1 Å². The lowest BCUT2D eigenvalue weighted by molar-refractivity contribution is 0.147. The summed E-state index contributed by atoms with van der Waals surface area (Å²) < 4.78 is 0. The molecule has 0 heterocycles. The van der Waals surface area contributed by atoms with Gasteiger partial charge in [-0.3, -0.25) is 0 Å². The minimum atomic E-state index is -0.960. The molecule has 0 saturated heterocycles. The Hall–Kier alpha value is -0.480. The fourth-order valence-electron chi connectivity index (χ4n) is 2.23. The van der Waals surface area contributed by atoms with Gasteiger partial charge in [-0.05, 0) is 35.9 Å². The topological polar surface area (TPSA) is 46.2 Å². The zero-order valence-corrected chi connectivity index (χ0v) is 13.9. The molecule has 0 aromatic heterocycles. The molecule has 0 saturated carbocycles. The molecule has 0 fully saturated rings. The first kappa shape index (κ1) is 16.9. The largest absolute Gasteiger partial charge is 0.388 e. The third-order valence-electron chi connectivity index (χ3n) is 3.28. The van der Waals surface area contributed by atoms with Crippen LogP contribution in [0.15, 0.2) is 36.4 Å². The molecule has 0 bridgehead atoms. The van der Waals surface area contributed by atoms with Crippen LogP contribution in [-0.4, -0.2) is 11.7 Å². The molecule has 2 aromatic rings. The molecule has 3 N–H and O–H groups in total. The zero-order chi connectivity index (χ0) is 15.6. The summed E-state index contributed by atoms with van der Waals surface area (Å²) in [5.41, 5.74) is 6.92. The van der Waals surface area contributed by atoms with Gasteiger partial charge in [0.15, 0.2) is 0 Å². The highest BCUT2D eigenvalue weighted by atomic mass is 35.5. The van der Waals surface area contributed by atoms with Crippen LogP contribution in [0.1, 0.15) is 23.1 Å². The van der Waals surface area contributed by atoms with Crippen molar-refractivity contribution < 1.29 is 5.11 Å². The van der Waals surface area contributed by atoms with Crippen LogP contribution in [0.25, 0.3) is 0 Å². The number of hydrogen-bond donors (Lipinski definition) is 2. The van der Waals surface area contributed by atoms with Crippen LogP contribution in [0.4, 0.5) is 0 Å². The minimum absolute atomic E-state index is 0.160. The lowest BCUT2D eigenvalue weighted by Crippen LogP contribution is -2.21. The molecule has 21 heavy (non-hydrogen) atoms. The molecular weight excluding hydrogens is 352 g/mol. The van der Waals surface area contributed by atoms with Crippen molar-refractivity contribution in [1.29, 1.82) is 0 Å². The summed E-state index contributed by atoms with van der Waals surface area (Å²) in [7, 11) is 0. The number of benzene rings is 2. The summed E-state index contributed by atoms with van der Waals surface area (Å²) in [6, 6.07) is 10.0. The molecular formula is C15H13Cl4NO. The zero-order valence-electron chi connectivity index (χ0n) is 10.9. The summed E-state index contributed by atoms with van der Waals surface area (Å²) in [6.07, 6.45) is -0.960. The molecule has 2 nitrogen and oxygen atoms in total. The standard InChI is InChI=1S/C15H13Cl4NO/c16-8-4-5-11(17)9(6-8)15(21)10(7-20)14-12(18)2-1-3-13(14)19/h1-6,10,15,21H,7,20H2. The number of halogens is 4. The number of nitrogens with two attached hydrogens (primary N) is 1. The SMILES string of the molecule is NCC(c1c(Cl)cccc1Cl)C(O)c1cc(Cl)ccc1Cl. The molecule has 6 heteroatoms. The summed E-state index contributed by atoms with van der Waals surface area (Å²) in [5, 5.41) is 12.4. The Morgan fingerprint density at radius 1 is 0.952 bits per heavy atom. The lowest BCUT2D eigenvalue weighted by atomic mass is 9.89. The molecule has 2 aromatic carbocycles. The second-order valence-corrected chi connectivity index (χ2v) is 6.25. The van der Waals surface area contributed by atoms with Crippen molar-refractivity contribution in [1.82, 2.24) is 0 Å². The highest BCUT2D eigenvalue weighted by Crippen LogP contribution is 2.40. The molecule has 2 atom stereocenters. The molecule has 0 amide bonds. The second kappa shape index (κ2) is 7.19. The van der Waals surface area contributed by atoms with E-state index in [2.05, 4.69) is 0 Å². The van der Waals surface area contributed by atoms with Crippen LogP contribution in [-0.2, 0) is 0 Å². The van der Waals surface area contributed by atoms with Crippen molar-refractivity contribution in [2.75, 3.05) is 6.54 Å². The molecule has 0 aliphatic carbocycles. The summed E-state index contributed by atoms with van der Waals surface area (Å²) in [5.74, 6) is -0.484. The van der Waals surface area contributed by atoms with Gasteiger partial charge in [0.05, 0.1) is 6.10 Å². The van der Waals surface area contributed by atoms with E-state index >= 15 is 0 Å². The first-order chi connectivity index (χ1) is 9.95. The maximum Gasteiger partial charge on any atom is 0.0886 e. The molecule has 112 valence electrons. The van der Waals surface area contributed by atoms with Gasteiger partial charge >= 0.3 is 0 Å². The van der Waals surface area contributed by atoms with Crippen molar-refractivity contribution in [2.24, 2.45) is 5.73 Å². The van der Waals surface area contributed by atoms with E-state index in [0.29, 0.717) is 31.2 Å². The third-order valence-corrected chi connectivity index (χ3v) is 4.52. The molecule has 0 aliphatic heterocycles. The smallest absolute Gasteiger partial charge is 0.0886 e. The van der Waals surface area contributed by atoms with Gasteiger partial charge in [-0.2, -0.15) is 0 Å². The van der Waals surface area contributed by atoms with Gasteiger partial charge in [-0.25, -0.2) is 0 Å². The van der Waals surface area contributed by atoms with Crippen molar-refractivity contribution in [3.8, 4) is 0 Å². The maximum atomic E-state index is 10.6. The van der Waals surface area contributed by atoms with E-state index in [0.717, 1.165) is 0 Å². The quantitative estimate of drug-likeness (QED) is 0.794. The lowest BCUT2D eigenvalue weighted by Gasteiger charge is -2.25. The molecule has 0 aliphatic rings. The summed E-state index contributed by atoms with van der Waals surface area (Å²) >= 11 is 24.5. The Morgan fingerprint density at radius 3 is 2.14 bits per heavy atom. The van der Waals surface area contributed by atoms with E-state index in [9.17, 15) is 5.11 Å². The number of hydrogen-bond acceptors (Lipinski definition) is 2. The Morgan fingerprint density at radius 2 is 1.57 bits per heavy atom. The Kier molecular flexibility index (Phi) is 5.78. The molecule has 0 radical (unpaired) electrons. The van der Waals surface area contributed by atoms with Crippen LogP contribution < -0.4 is 5.73 Å². The van der Waals surface area contributed by atoms with Crippen LogP contribution in [0.5, 0.6) is 0 Å². The monoisotopic (exact) mass is 363 g/mol. The van der Waals surface area contributed by atoms with Crippen LogP contribution in [0.3, 0.4) is 0 Å². The van der Waals surface area contributed by atoms with Gasteiger partial charge in [0.25, 0.3) is 0 Å². The van der Waals surface area contributed by atoms with E-state index in [4.69, 9.17) is 52.1 Å². The van der Waals surface area contributed by atoms with Gasteiger partial charge in [-0.1, -0.05) is 52.5 Å². The van der Waals surface area contributed by atoms with Gasteiger partial charge in [0.2, 0.25) is 0 Å². The van der Waals surface area contributed by atoms with Crippen molar-refractivity contribution in [2.45, 2.75) is 12.0 Å². The van der Waals surface area contributed by atoms with E-state index in [1.165, 1.54) is 0 Å². The Labute approximate surface area is 143 Å². The second-order valence-electron chi connectivity index (χ2n) is 4.59. The molecule has 0 spiro atoms. The first-order valence-electron chi connectivity index (χ1n) is 6.22. The summed E-state index contributed by atoms with van der Waals surface area (Å²) in [6.45, 7) is 0.160. The predicted octanol–water partition coefficient (Wildman–Crippen LogP) is 5.08. The predicted molar refractivity (Wildman–Crippen MR) is 89.7 cm³/mol. The van der Waals surface area contributed by atoms with Crippen molar-refractivity contribution in [3.05, 3.63) is 67.6 Å². The first-order valence-corrected chi connectivity index (χ1v) is 7.74. The highest BCUT2D eigenvalue weighted by molar-refractivity contribution is 6.36. The fourth-order valence-corrected chi connectivity index (χ4v) is 3.32. The number of aliphatic hydroxyl groups is 1. The fraction of sp³-hybridized carbons (Fsp3) is 0.200. The van der Waals surface area contributed by atoms with Gasteiger partial charge in [0.1, 0.15) is 0 Å². The number of rotatable bonds is 4. The molecule has 2 rings (SSSR count). The van der Waals surface area contributed by atoms with E-state index < -0.39 is 12.0 Å². The normalized spacial score (nSPS) is 14.0. The van der Waals surface area contributed by atoms with Gasteiger partial charge in [-0.15, -0.1) is 0 Å². The van der Waals surface area contributed by atoms with Crippen LogP contribution >= 0.6 is 46.4 Å². The van der Waals surface area contributed by atoms with Crippen molar-refractivity contribution >= 4 is 46.4 Å². The average Bonchev–Trinajstić information content (AvgIpc) is 2.45. The van der Waals surface area contributed by atoms with Crippen molar-refractivity contribution in [3.63, 3.8) is 0 Å². The van der Waals surface area contributed by atoms with E-state index in [1.807, 2.05) is 0 Å². The third kappa shape index (κ3) is 3.65. The number of aliphatic hydroxyl groups excluding tert-OH is 1. The highest BCUT2D eigenvalue weighted by Gasteiger charge is 2.27. The van der Waals surface area contributed by atoms with E-state index in [-0.39, 0.29) is 6.54 Å². The maximum absolute atomic E-state index is 10.6. The Balaban J connectivity index is 2.48. The minimum Gasteiger partial charge on any atom is -0.388 e. The summed E-state index contributed by atoms with van der Waals surface area (Å²) in [4.78, 5) is 0. The van der Waals surface area contributed by atoms with Gasteiger partial charge in [0, 0.05) is 38.1 Å². The van der Waals surface area contributed by atoms with E-state index in [1.54, 1.807) is 36.4 Å². The Bertz CT molecular complexity index is 627. The van der Waals surface area contributed by atoms with Gasteiger partial charge < -0.3 is 10.8 Å². The van der Waals surface area contributed by atoms with Crippen LogP contribution in [0, 0.1) is 0 Å².